The number of esters is 1. The minimum absolute atomic E-state index is 0.0838. The monoisotopic (exact) mass is 366 g/mol. The van der Waals surface area contributed by atoms with Crippen molar-refractivity contribution in [3.05, 3.63) is 23.5 Å². The second-order valence-corrected chi connectivity index (χ2v) is 6.01. The standard InChI is InChI=1S/C18H26N2O6/c1-4-5-6-7-8-25-18(24)13-9-14(26-12(2)3)16(19-10-13)17(23)20-11-15(21)22/h9-10,12H,4-8,11H2,1-3H3,(H,20,23)(H,21,22). The van der Waals surface area contributed by atoms with Gasteiger partial charge in [0, 0.05) is 6.20 Å². The van der Waals surface area contributed by atoms with Gasteiger partial charge in [-0.25, -0.2) is 9.78 Å². The fourth-order valence-corrected chi connectivity index (χ4v) is 2.09. The summed E-state index contributed by atoms with van der Waals surface area (Å²) in [6.07, 6.45) is 4.93. The first kappa shape index (κ1) is 21.4. The highest BCUT2D eigenvalue weighted by molar-refractivity contribution is 5.98. The fourth-order valence-electron chi connectivity index (χ4n) is 2.09. The van der Waals surface area contributed by atoms with E-state index in [1.165, 1.54) is 12.3 Å². The molecule has 26 heavy (non-hydrogen) atoms. The first-order chi connectivity index (χ1) is 12.3. The van der Waals surface area contributed by atoms with Gasteiger partial charge in [-0.3, -0.25) is 9.59 Å². The van der Waals surface area contributed by atoms with E-state index in [1.807, 2.05) is 0 Å². The Morgan fingerprint density at radius 3 is 2.58 bits per heavy atom. The zero-order valence-electron chi connectivity index (χ0n) is 15.4. The van der Waals surface area contributed by atoms with Gasteiger partial charge >= 0.3 is 11.9 Å². The van der Waals surface area contributed by atoms with Crippen molar-refractivity contribution in [2.24, 2.45) is 0 Å². The Bertz CT molecular complexity index is 630. The molecule has 0 aliphatic carbocycles. The van der Waals surface area contributed by atoms with Crippen LogP contribution in [0.2, 0.25) is 0 Å². The highest BCUT2D eigenvalue weighted by Gasteiger charge is 2.19. The number of carbonyl (C=O) groups excluding carboxylic acids is 2. The van der Waals surface area contributed by atoms with Gasteiger partial charge in [0.05, 0.1) is 18.3 Å². The van der Waals surface area contributed by atoms with Crippen molar-refractivity contribution in [3.63, 3.8) is 0 Å². The molecule has 144 valence electrons. The number of nitrogens with one attached hydrogen (secondary N) is 1. The first-order valence-electron chi connectivity index (χ1n) is 8.69. The van der Waals surface area contributed by atoms with E-state index in [0.29, 0.717) is 6.61 Å². The Morgan fingerprint density at radius 1 is 1.23 bits per heavy atom. The molecule has 1 heterocycles. The maximum Gasteiger partial charge on any atom is 0.339 e. The quantitative estimate of drug-likeness (QED) is 0.456. The van der Waals surface area contributed by atoms with Crippen molar-refractivity contribution in [1.29, 1.82) is 0 Å². The number of nitrogens with zero attached hydrogens (tertiary/aromatic N) is 1. The molecule has 8 nitrogen and oxygen atoms in total. The first-order valence-corrected chi connectivity index (χ1v) is 8.69. The lowest BCUT2D eigenvalue weighted by molar-refractivity contribution is -0.135. The Kier molecular flexibility index (Phi) is 9.11. The molecule has 1 aromatic rings. The molecular formula is C18H26N2O6. The second kappa shape index (κ2) is 11.1. The molecule has 0 aromatic carbocycles. The second-order valence-electron chi connectivity index (χ2n) is 6.01. The summed E-state index contributed by atoms with van der Waals surface area (Å²) < 4.78 is 10.7. The molecule has 1 aromatic heterocycles. The van der Waals surface area contributed by atoms with Crippen LogP contribution in [-0.4, -0.2) is 47.2 Å². The number of aliphatic carboxylic acids is 1. The lowest BCUT2D eigenvalue weighted by Crippen LogP contribution is -2.30. The summed E-state index contributed by atoms with van der Waals surface area (Å²) in [5.74, 6) is -2.31. The summed E-state index contributed by atoms with van der Waals surface area (Å²) in [6, 6.07) is 1.39. The molecule has 0 fully saturated rings. The van der Waals surface area contributed by atoms with Crippen molar-refractivity contribution in [3.8, 4) is 5.75 Å². The van der Waals surface area contributed by atoms with Gasteiger partial charge in [0.25, 0.3) is 5.91 Å². The van der Waals surface area contributed by atoms with Crippen LogP contribution in [0.15, 0.2) is 12.3 Å². The smallest absolute Gasteiger partial charge is 0.339 e. The summed E-state index contributed by atoms with van der Waals surface area (Å²) in [4.78, 5) is 38.7. The van der Waals surface area contributed by atoms with Crippen molar-refractivity contribution < 1.29 is 29.0 Å². The van der Waals surface area contributed by atoms with E-state index in [4.69, 9.17) is 14.6 Å². The molecule has 0 aliphatic rings. The number of pyridine rings is 1. The molecular weight excluding hydrogens is 340 g/mol. The van der Waals surface area contributed by atoms with Crippen LogP contribution in [0.25, 0.3) is 0 Å². The van der Waals surface area contributed by atoms with Crippen molar-refractivity contribution in [2.75, 3.05) is 13.2 Å². The molecule has 0 unspecified atom stereocenters. The number of carboxylic acids is 1. The Hall–Kier alpha value is -2.64. The number of carboxylic acid groups (broad SMARTS) is 1. The number of hydrogen-bond donors (Lipinski definition) is 2. The van der Waals surface area contributed by atoms with E-state index in [-0.39, 0.29) is 23.1 Å². The third kappa shape index (κ3) is 7.50. The van der Waals surface area contributed by atoms with Crippen LogP contribution >= 0.6 is 0 Å². The third-order valence-electron chi connectivity index (χ3n) is 3.30. The van der Waals surface area contributed by atoms with Crippen molar-refractivity contribution >= 4 is 17.8 Å². The van der Waals surface area contributed by atoms with Crippen molar-refractivity contribution in [1.82, 2.24) is 10.3 Å². The number of unbranched alkanes of at least 4 members (excludes halogenated alkanes) is 3. The molecule has 0 radical (unpaired) electrons. The third-order valence-corrected chi connectivity index (χ3v) is 3.30. The van der Waals surface area contributed by atoms with Gasteiger partial charge in [-0.1, -0.05) is 26.2 Å². The summed E-state index contributed by atoms with van der Waals surface area (Å²) in [7, 11) is 0. The molecule has 0 saturated heterocycles. The summed E-state index contributed by atoms with van der Waals surface area (Å²) >= 11 is 0. The van der Waals surface area contributed by atoms with Gasteiger partial charge < -0.3 is 19.9 Å². The zero-order valence-corrected chi connectivity index (χ0v) is 15.4. The molecule has 0 bridgehead atoms. The largest absolute Gasteiger partial charge is 0.489 e. The fraction of sp³-hybridized carbons (Fsp3) is 0.556. The predicted octanol–water partition coefficient (Wildman–Crippen LogP) is 2.42. The highest BCUT2D eigenvalue weighted by Crippen LogP contribution is 2.20. The summed E-state index contributed by atoms with van der Waals surface area (Å²) in [5, 5.41) is 10.9. The van der Waals surface area contributed by atoms with Crippen LogP contribution in [0.4, 0.5) is 0 Å². The number of rotatable bonds is 11. The van der Waals surface area contributed by atoms with Gasteiger partial charge in [-0.15, -0.1) is 0 Å². The van der Waals surface area contributed by atoms with E-state index in [0.717, 1.165) is 25.7 Å². The number of carbonyl (C=O) groups is 3. The van der Waals surface area contributed by atoms with E-state index < -0.39 is 24.4 Å². The Morgan fingerprint density at radius 2 is 1.96 bits per heavy atom. The van der Waals surface area contributed by atoms with Crippen LogP contribution in [0.1, 0.15) is 67.3 Å². The maximum absolute atomic E-state index is 12.1. The van der Waals surface area contributed by atoms with Gasteiger partial charge in [0.2, 0.25) is 0 Å². The molecule has 1 amide bonds. The van der Waals surface area contributed by atoms with Gasteiger partial charge in [-0.2, -0.15) is 0 Å². The van der Waals surface area contributed by atoms with Gasteiger partial charge in [0.1, 0.15) is 6.54 Å². The van der Waals surface area contributed by atoms with Crippen molar-refractivity contribution in [2.45, 2.75) is 52.6 Å². The molecule has 0 aliphatic heterocycles. The van der Waals surface area contributed by atoms with Gasteiger partial charge in [-0.05, 0) is 26.3 Å². The highest BCUT2D eigenvalue weighted by atomic mass is 16.5. The number of ether oxygens (including phenoxy) is 2. The number of hydrogen-bond acceptors (Lipinski definition) is 6. The minimum Gasteiger partial charge on any atom is -0.489 e. The van der Waals surface area contributed by atoms with Crippen LogP contribution in [0.3, 0.4) is 0 Å². The number of amides is 1. The Balaban J connectivity index is 2.84. The predicted molar refractivity (Wildman–Crippen MR) is 94.4 cm³/mol. The maximum atomic E-state index is 12.1. The minimum atomic E-state index is -1.17. The van der Waals surface area contributed by atoms with E-state index in [9.17, 15) is 14.4 Å². The lowest BCUT2D eigenvalue weighted by Gasteiger charge is -2.14. The summed E-state index contributed by atoms with van der Waals surface area (Å²) in [6.45, 7) is 5.40. The zero-order chi connectivity index (χ0) is 19.5. The van der Waals surface area contributed by atoms with Crippen LogP contribution < -0.4 is 10.1 Å². The molecule has 0 saturated carbocycles. The SMILES string of the molecule is CCCCCCOC(=O)c1cnc(C(=O)NCC(=O)O)c(OC(C)C)c1. The normalized spacial score (nSPS) is 10.5. The van der Waals surface area contributed by atoms with E-state index in [2.05, 4.69) is 17.2 Å². The molecule has 1 rings (SSSR count). The molecule has 8 heteroatoms. The van der Waals surface area contributed by atoms with E-state index >= 15 is 0 Å². The lowest BCUT2D eigenvalue weighted by atomic mass is 10.2. The van der Waals surface area contributed by atoms with Crippen LogP contribution in [0.5, 0.6) is 5.75 Å². The summed E-state index contributed by atoms with van der Waals surface area (Å²) in [5.41, 5.74) is 0.0883. The van der Waals surface area contributed by atoms with Crippen LogP contribution in [-0.2, 0) is 9.53 Å². The van der Waals surface area contributed by atoms with E-state index in [1.54, 1.807) is 13.8 Å². The average molecular weight is 366 g/mol. The number of aromatic nitrogens is 1. The topological polar surface area (TPSA) is 115 Å². The molecule has 0 atom stereocenters. The van der Waals surface area contributed by atoms with Gasteiger partial charge in [0.15, 0.2) is 11.4 Å². The van der Waals surface area contributed by atoms with Crippen LogP contribution in [0, 0.1) is 0 Å². The average Bonchev–Trinajstić information content (AvgIpc) is 2.58. The Labute approximate surface area is 152 Å². The molecule has 2 N–H and O–H groups in total. The molecule has 0 spiro atoms.